The van der Waals surface area contributed by atoms with Gasteiger partial charge in [0.05, 0.1) is 11.7 Å². The SMILES string of the molecule is CC12CC3C=CC1C(O)C1C(CC14CCCC4)C(O)(C3)C2. The standard InChI is InChI=1S/C19H28O2/c1-17-8-12-4-5-13(17)16(20)15-14(19(21,9-12)11-17)10-18(15)6-2-3-7-18/h4-5,12-16,20-21H,2-3,6-11H2,1H3. The Labute approximate surface area is 127 Å². The molecule has 0 aromatic heterocycles. The van der Waals surface area contributed by atoms with Crippen LogP contribution in [-0.2, 0) is 0 Å². The zero-order chi connectivity index (χ0) is 14.5. The van der Waals surface area contributed by atoms with E-state index in [1.807, 2.05) is 0 Å². The predicted molar refractivity (Wildman–Crippen MR) is 81.5 cm³/mol. The van der Waals surface area contributed by atoms with E-state index in [4.69, 9.17) is 0 Å². The second-order valence-corrected chi connectivity index (χ2v) is 9.41. The van der Waals surface area contributed by atoms with Crippen LogP contribution in [0.15, 0.2) is 12.2 Å². The van der Waals surface area contributed by atoms with E-state index in [0.29, 0.717) is 23.2 Å². The highest BCUT2D eigenvalue weighted by molar-refractivity contribution is 5.24. The number of aliphatic hydroxyl groups is 2. The fourth-order valence-electron chi connectivity index (χ4n) is 7.61. The van der Waals surface area contributed by atoms with Crippen molar-refractivity contribution in [1.29, 1.82) is 0 Å². The Morgan fingerprint density at radius 2 is 1.81 bits per heavy atom. The Morgan fingerprint density at radius 3 is 2.57 bits per heavy atom. The summed E-state index contributed by atoms with van der Waals surface area (Å²) in [5, 5.41) is 22.7. The first kappa shape index (κ1) is 13.1. The molecule has 21 heavy (non-hydrogen) atoms. The van der Waals surface area contributed by atoms with E-state index in [1.165, 1.54) is 38.5 Å². The minimum atomic E-state index is -0.503. The van der Waals surface area contributed by atoms with Crippen molar-refractivity contribution in [3.63, 3.8) is 0 Å². The summed E-state index contributed by atoms with van der Waals surface area (Å²) in [5.41, 5.74) is -0.0147. The van der Waals surface area contributed by atoms with Crippen LogP contribution < -0.4 is 0 Å². The third-order valence-electron chi connectivity index (χ3n) is 8.24. The van der Waals surface area contributed by atoms with Gasteiger partial charge in [0.15, 0.2) is 0 Å². The summed E-state index contributed by atoms with van der Waals surface area (Å²) >= 11 is 0. The van der Waals surface area contributed by atoms with Gasteiger partial charge < -0.3 is 10.2 Å². The molecule has 7 atom stereocenters. The van der Waals surface area contributed by atoms with Gasteiger partial charge in [-0.1, -0.05) is 31.9 Å². The number of aliphatic hydroxyl groups excluding tert-OH is 1. The van der Waals surface area contributed by atoms with Crippen LogP contribution in [0.2, 0.25) is 0 Å². The molecule has 0 radical (unpaired) electrons. The molecule has 4 fully saturated rings. The van der Waals surface area contributed by atoms with E-state index in [0.717, 1.165) is 12.8 Å². The summed E-state index contributed by atoms with van der Waals surface area (Å²) in [4.78, 5) is 0. The monoisotopic (exact) mass is 288 g/mol. The number of fused-ring (bicyclic) bond motifs is 5. The van der Waals surface area contributed by atoms with Gasteiger partial charge >= 0.3 is 0 Å². The van der Waals surface area contributed by atoms with Crippen molar-refractivity contribution in [2.24, 2.45) is 34.5 Å². The van der Waals surface area contributed by atoms with E-state index in [2.05, 4.69) is 19.1 Å². The number of hydrogen-bond donors (Lipinski definition) is 2. The highest BCUT2D eigenvalue weighted by Gasteiger charge is 2.69. The van der Waals surface area contributed by atoms with Crippen LogP contribution in [0.5, 0.6) is 0 Å². The summed E-state index contributed by atoms with van der Waals surface area (Å²) in [6, 6.07) is 0. The zero-order valence-corrected chi connectivity index (χ0v) is 13.1. The van der Waals surface area contributed by atoms with Crippen LogP contribution in [0.25, 0.3) is 0 Å². The average molecular weight is 288 g/mol. The Bertz CT molecular complexity index is 506. The Morgan fingerprint density at radius 1 is 1.05 bits per heavy atom. The van der Waals surface area contributed by atoms with Crippen molar-refractivity contribution in [1.82, 2.24) is 0 Å². The molecule has 0 heterocycles. The summed E-state index contributed by atoms with van der Waals surface area (Å²) in [6.45, 7) is 2.33. The van der Waals surface area contributed by atoms with E-state index in [1.54, 1.807) is 0 Å². The molecule has 1 spiro atoms. The maximum atomic E-state index is 11.5. The molecule has 2 heteroatoms. The van der Waals surface area contributed by atoms with Crippen molar-refractivity contribution in [2.75, 3.05) is 0 Å². The molecule has 7 unspecified atom stereocenters. The second-order valence-electron chi connectivity index (χ2n) is 9.41. The van der Waals surface area contributed by atoms with E-state index in [9.17, 15) is 10.2 Å². The Hall–Kier alpha value is -0.340. The molecule has 0 aromatic carbocycles. The van der Waals surface area contributed by atoms with Gasteiger partial charge in [0.1, 0.15) is 0 Å². The topological polar surface area (TPSA) is 40.5 Å². The average Bonchev–Trinajstić information content (AvgIpc) is 2.84. The first-order valence-electron chi connectivity index (χ1n) is 9.05. The van der Waals surface area contributed by atoms with Crippen molar-refractivity contribution >= 4 is 0 Å². The lowest BCUT2D eigenvalue weighted by molar-refractivity contribution is -0.194. The lowest BCUT2D eigenvalue weighted by atomic mass is 9.46. The lowest BCUT2D eigenvalue weighted by Crippen LogP contribution is -2.60. The molecular weight excluding hydrogens is 260 g/mol. The highest BCUT2D eigenvalue weighted by atomic mass is 16.3. The summed E-state index contributed by atoms with van der Waals surface area (Å²) in [6.07, 6.45) is 13.8. The Balaban J connectivity index is 1.63. The fourth-order valence-corrected chi connectivity index (χ4v) is 7.61. The molecule has 3 bridgehead atoms. The molecule has 0 saturated heterocycles. The van der Waals surface area contributed by atoms with Crippen LogP contribution in [0, 0.1) is 34.5 Å². The molecule has 5 aliphatic carbocycles. The van der Waals surface area contributed by atoms with Crippen LogP contribution in [0.4, 0.5) is 0 Å². The van der Waals surface area contributed by atoms with Crippen molar-refractivity contribution in [3.05, 3.63) is 12.2 Å². The third-order valence-corrected chi connectivity index (χ3v) is 8.24. The van der Waals surface area contributed by atoms with Gasteiger partial charge in [0.2, 0.25) is 0 Å². The summed E-state index contributed by atoms with van der Waals surface area (Å²) < 4.78 is 0. The normalized spacial score (nSPS) is 59.7. The molecule has 0 aliphatic heterocycles. The number of hydrogen-bond acceptors (Lipinski definition) is 2. The van der Waals surface area contributed by atoms with Gasteiger partial charge in [0.25, 0.3) is 0 Å². The maximum Gasteiger partial charge on any atom is 0.0690 e. The molecular formula is C19H28O2. The zero-order valence-electron chi connectivity index (χ0n) is 13.1. The summed E-state index contributed by atoms with van der Waals surface area (Å²) in [7, 11) is 0. The molecule has 0 amide bonds. The van der Waals surface area contributed by atoms with Crippen LogP contribution in [0.1, 0.15) is 58.3 Å². The smallest absolute Gasteiger partial charge is 0.0690 e. The first-order chi connectivity index (χ1) is 9.96. The molecule has 4 saturated carbocycles. The van der Waals surface area contributed by atoms with Crippen molar-refractivity contribution in [2.45, 2.75) is 70.0 Å². The van der Waals surface area contributed by atoms with E-state index in [-0.39, 0.29) is 17.4 Å². The van der Waals surface area contributed by atoms with Crippen molar-refractivity contribution in [3.8, 4) is 0 Å². The summed E-state index contributed by atoms with van der Waals surface area (Å²) in [5.74, 6) is 1.53. The quantitative estimate of drug-likeness (QED) is 0.672. The number of allylic oxidation sites excluding steroid dienone is 1. The van der Waals surface area contributed by atoms with Crippen LogP contribution in [0.3, 0.4) is 0 Å². The Kier molecular flexibility index (Phi) is 2.35. The van der Waals surface area contributed by atoms with Crippen molar-refractivity contribution < 1.29 is 10.2 Å². The minimum Gasteiger partial charge on any atom is -0.392 e. The van der Waals surface area contributed by atoms with Gasteiger partial charge in [-0.05, 0) is 67.1 Å². The molecule has 2 nitrogen and oxygen atoms in total. The molecule has 2 N–H and O–H groups in total. The molecule has 0 aromatic rings. The third kappa shape index (κ3) is 1.47. The second kappa shape index (κ2) is 3.76. The largest absolute Gasteiger partial charge is 0.392 e. The van der Waals surface area contributed by atoms with Gasteiger partial charge in [-0.25, -0.2) is 0 Å². The number of rotatable bonds is 0. The van der Waals surface area contributed by atoms with Gasteiger partial charge in [0, 0.05) is 5.92 Å². The maximum absolute atomic E-state index is 11.5. The minimum absolute atomic E-state index is 0.114. The molecule has 5 aliphatic rings. The molecule has 5 rings (SSSR count). The predicted octanol–water partition coefficient (Wildman–Crippen LogP) is 3.28. The van der Waals surface area contributed by atoms with Gasteiger partial charge in [-0.3, -0.25) is 0 Å². The van der Waals surface area contributed by atoms with Gasteiger partial charge in [-0.15, -0.1) is 0 Å². The highest BCUT2D eigenvalue weighted by Crippen LogP contribution is 2.71. The first-order valence-corrected chi connectivity index (χ1v) is 9.05. The van der Waals surface area contributed by atoms with Crippen LogP contribution >= 0.6 is 0 Å². The van der Waals surface area contributed by atoms with E-state index >= 15 is 0 Å². The van der Waals surface area contributed by atoms with Gasteiger partial charge in [-0.2, -0.15) is 0 Å². The van der Waals surface area contributed by atoms with Crippen LogP contribution in [-0.4, -0.2) is 21.9 Å². The lowest BCUT2D eigenvalue weighted by Gasteiger charge is -2.60. The molecule has 116 valence electrons. The van der Waals surface area contributed by atoms with E-state index < -0.39 is 5.60 Å². The fraction of sp³-hybridized carbons (Fsp3) is 0.895.